The lowest BCUT2D eigenvalue weighted by molar-refractivity contribution is 0.0841. The van der Waals surface area contributed by atoms with E-state index >= 15 is 0 Å². The second-order valence-corrected chi connectivity index (χ2v) is 5.65. The van der Waals surface area contributed by atoms with Crippen molar-refractivity contribution in [3.63, 3.8) is 0 Å². The zero-order valence-electron chi connectivity index (χ0n) is 12.2. The van der Waals surface area contributed by atoms with E-state index in [0.29, 0.717) is 16.9 Å². The summed E-state index contributed by atoms with van der Waals surface area (Å²) in [7, 11) is 0. The lowest BCUT2D eigenvalue weighted by Gasteiger charge is -2.05. The number of pyridine rings is 1. The van der Waals surface area contributed by atoms with Gasteiger partial charge in [0.15, 0.2) is 11.5 Å². The molecule has 0 aliphatic heterocycles. The van der Waals surface area contributed by atoms with Gasteiger partial charge in [-0.15, -0.1) is 0 Å². The third-order valence-corrected chi connectivity index (χ3v) is 3.61. The van der Waals surface area contributed by atoms with E-state index in [1.165, 1.54) is 6.07 Å². The average Bonchev–Trinajstić information content (AvgIpc) is 3.11. The molecule has 1 aromatic carbocycles. The molecule has 8 heteroatoms. The Bertz CT molecular complexity index is 863. The minimum absolute atomic E-state index is 0.0463. The number of carbonyl (C=O) groups excluding carboxylic acids is 2. The molecule has 2 N–H and O–H groups in total. The number of halogens is 1. The summed E-state index contributed by atoms with van der Waals surface area (Å²) in [6, 6.07) is 11.7. The van der Waals surface area contributed by atoms with Gasteiger partial charge in [-0.3, -0.25) is 25.4 Å². The summed E-state index contributed by atoms with van der Waals surface area (Å²) >= 11 is 3.28. The van der Waals surface area contributed by atoms with Gasteiger partial charge >= 0.3 is 0 Å². The number of nitrogens with one attached hydrogen (secondary N) is 2. The molecule has 0 fully saturated rings. The molecule has 7 nitrogen and oxygen atoms in total. The van der Waals surface area contributed by atoms with Crippen molar-refractivity contribution in [3.8, 4) is 11.3 Å². The van der Waals surface area contributed by atoms with Crippen molar-refractivity contribution >= 4 is 27.7 Å². The Morgan fingerprint density at radius 1 is 1.04 bits per heavy atom. The summed E-state index contributed by atoms with van der Waals surface area (Å²) < 4.78 is 5.96. The van der Waals surface area contributed by atoms with Crippen molar-refractivity contribution in [3.05, 3.63) is 70.6 Å². The number of hydrazine groups is 1. The fourth-order valence-electron chi connectivity index (χ4n) is 1.88. The molecular weight excluding hydrogens is 376 g/mol. The van der Waals surface area contributed by atoms with Crippen LogP contribution in [0.25, 0.3) is 11.3 Å². The van der Waals surface area contributed by atoms with E-state index in [4.69, 9.17) is 4.52 Å². The average molecular weight is 387 g/mol. The van der Waals surface area contributed by atoms with Crippen LogP contribution in [0.4, 0.5) is 0 Å². The zero-order valence-corrected chi connectivity index (χ0v) is 13.8. The first kappa shape index (κ1) is 15.9. The third-order valence-electron chi connectivity index (χ3n) is 3.08. The molecule has 0 unspecified atom stereocenters. The van der Waals surface area contributed by atoms with Gasteiger partial charge in [0.05, 0.1) is 0 Å². The highest BCUT2D eigenvalue weighted by Crippen LogP contribution is 2.18. The minimum Gasteiger partial charge on any atom is -0.355 e. The third kappa shape index (κ3) is 3.66. The lowest BCUT2D eigenvalue weighted by atomic mass is 10.2. The summed E-state index contributed by atoms with van der Waals surface area (Å²) in [5.41, 5.74) is 5.76. The maximum absolute atomic E-state index is 12.0. The Kier molecular flexibility index (Phi) is 4.66. The summed E-state index contributed by atoms with van der Waals surface area (Å²) in [4.78, 5) is 27.9. The normalized spacial score (nSPS) is 10.2. The highest BCUT2D eigenvalue weighted by Gasteiger charge is 2.15. The number of nitrogens with zero attached hydrogens (tertiary/aromatic N) is 2. The molecular formula is C16H11BrN4O3. The lowest BCUT2D eigenvalue weighted by Crippen LogP contribution is -2.41. The van der Waals surface area contributed by atoms with Gasteiger partial charge in [0.2, 0.25) is 0 Å². The van der Waals surface area contributed by atoms with Gasteiger partial charge in [-0.1, -0.05) is 21.1 Å². The minimum atomic E-state index is -0.584. The van der Waals surface area contributed by atoms with Crippen molar-refractivity contribution in [2.45, 2.75) is 0 Å². The Balaban J connectivity index is 1.62. The first-order chi connectivity index (χ1) is 11.6. The second kappa shape index (κ2) is 7.05. The van der Waals surface area contributed by atoms with Crippen LogP contribution in [-0.4, -0.2) is 22.0 Å². The molecule has 2 heterocycles. The Morgan fingerprint density at radius 2 is 1.79 bits per heavy atom. The van der Waals surface area contributed by atoms with Gasteiger partial charge in [-0.25, -0.2) is 0 Å². The van der Waals surface area contributed by atoms with Gasteiger partial charge in [0, 0.05) is 34.1 Å². The zero-order chi connectivity index (χ0) is 16.9. The molecule has 0 atom stereocenters. The van der Waals surface area contributed by atoms with Crippen LogP contribution in [0.5, 0.6) is 0 Å². The van der Waals surface area contributed by atoms with Crippen LogP contribution in [0.15, 0.2) is 63.9 Å². The van der Waals surface area contributed by atoms with Crippen LogP contribution >= 0.6 is 15.9 Å². The van der Waals surface area contributed by atoms with Crippen LogP contribution in [0, 0.1) is 0 Å². The van der Waals surface area contributed by atoms with Gasteiger partial charge in [0.1, 0.15) is 0 Å². The van der Waals surface area contributed by atoms with Crippen molar-refractivity contribution in [2.24, 2.45) is 0 Å². The molecule has 0 aliphatic carbocycles. The number of rotatable bonds is 3. The van der Waals surface area contributed by atoms with Crippen LogP contribution in [0.3, 0.4) is 0 Å². The van der Waals surface area contributed by atoms with Crippen molar-refractivity contribution in [1.29, 1.82) is 0 Å². The first-order valence-corrected chi connectivity index (χ1v) is 7.66. The SMILES string of the molecule is O=C(NNC(=O)c1cc(-c2cccnc2)on1)c1ccc(Br)cc1. The molecule has 2 amide bonds. The van der Waals surface area contributed by atoms with Gasteiger partial charge < -0.3 is 4.52 Å². The standard InChI is InChI=1S/C16H11BrN4O3/c17-12-5-3-10(4-6-12)15(22)19-20-16(23)13-8-14(24-21-13)11-2-1-7-18-9-11/h1-9H,(H,19,22)(H,20,23). The molecule has 3 rings (SSSR count). The monoisotopic (exact) mass is 386 g/mol. The fourth-order valence-corrected chi connectivity index (χ4v) is 2.14. The Morgan fingerprint density at radius 3 is 2.50 bits per heavy atom. The maximum atomic E-state index is 12.0. The fraction of sp³-hybridized carbons (Fsp3) is 0. The van der Waals surface area contributed by atoms with E-state index in [0.717, 1.165) is 4.47 Å². The number of amides is 2. The van der Waals surface area contributed by atoms with E-state index in [9.17, 15) is 9.59 Å². The van der Waals surface area contributed by atoms with Crippen LogP contribution in [0.1, 0.15) is 20.8 Å². The molecule has 3 aromatic rings. The molecule has 0 saturated heterocycles. The van der Waals surface area contributed by atoms with Crippen molar-refractivity contribution < 1.29 is 14.1 Å². The molecule has 0 radical (unpaired) electrons. The topological polar surface area (TPSA) is 97.1 Å². The number of hydrogen-bond acceptors (Lipinski definition) is 5. The van der Waals surface area contributed by atoms with Crippen molar-refractivity contribution in [2.75, 3.05) is 0 Å². The highest BCUT2D eigenvalue weighted by atomic mass is 79.9. The largest absolute Gasteiger partial charge is 0.355 e. The summed E-state index contributed by atoms with van der Waals surface area (Å²) in [5, 5.41) is 3.68. The Hall–Kier alpha value is -3.00. The smallest absolute Gasteiger partial charge is 0.291 e. The van der Waals surface area contributed by atoms with Gasteiger partial charge in [-0.2, -0.15) is 0 Å². The van der Waals surface area contributed by atoms with Gasteiger partial charge in [0.25, 0.3) is 11.8 Å². The molecule has 0 bridgehead atoms. The van der Waals surface area contributed by atoms with Crippen molar-refractivity contribution in [1.82, 2.24) is 21.0 Å². The molecule has 2 aromatic heterocycles. The summed E-state index contributed by atoms with van der Waals surface area (Å²) in [5.74, 6) is -0.612. The first-order valence-electron chi connectivity index (χ1n) is 6.87. The van der Waals surface area contributed by atoms with Crippen LogP contribution in [-0.2, 0) is 0 Å². The van der Waals surface area contributed by atoms with E-state index in [-0.39, 0.29) is 5.69 Å². The van der Waals surface area contributed by atoms with E-state index in [1.54, 1.807) is 48.8 Å². The van der Waals surface area contributed by atoms with E-state index in [2.05, 4.69) is 36.9 Å². The number of aromatic nitrogens is 2. The number of benzene rings is 1. The summed E-state index contributed by atoms with van der Waals surface area (Å²) in [6.07, 6.45) is 3.22. The number of carbonyl (C=O) groups is 2. The predicted octanol–water partition coefficient (Wildman–Crippen LogP) is 2.57. The molecule has 0 aliphatic rings. The quantitative estimate of drug-likeness (QED) is 0.674. The second-order valence-electron chi connectivity index (χ2n) is 4.73. The van der Waals surface area contributed by atoms with E-state index < -0.39 is 11.8 Å². The number of hydrogen-bond donors (Lipinski definition) is 2. The summed E-state index contributed by atoms with van der Waals surface area (Å²) in [6.45, 7) is 0. The molecule has 0 saturated carbocycles. The maximum Gasteiger partial charge on any atom is 0.291 e. The Labute approximate surface area is 145 Å². The molecule has 0 spiro atoms. The van der Waals surface area contributed by atoms with Crippen LogP contribution in [0.2, 0.25) is 0 Å². The molecule has 24 heavy (non-hydrogen) atoms. The van der Waals surface area contributed by atoms with Gasteiger partial charge in [-0.05, 0) is 36.4 Å². The highest BCUT2D eigenvalue weighted by molar-refractivity contribution is 9.10. The molecule has 120 valence electrons. The van der Waals surface area contributed by atoms with E-state index in [1.807, 2.05) is 0 Å². The van der Waals surface area contributed by atoms with Crippen LogP contribution < -0.4 is 10.9 Å². The predicted molar refractivity (Wildman–Crippen MR) is 88.8 cm³/mol.